The molecule has 0 saturated carbocycles. The second-order valence-electron chi connectivity index (χ2n) is 6.24. The van der Waals surface area contributed by atoms with E-state index in [0.717, 1.165) is 18.2 Å². The van der Waals surface area contributed by atoms with Gasteiger partial charge in [0.1, 0.15) is 5.69 Å². The summed E-state index contributed by atoms with van der Waals surface area (Å²) >= 11 is 13.3. The van der Waals surface area contributed by atoms with Crippen molar-refractivity contribution in [2.75, 3.05) is 27.2 Å². The number of aliphatic imine (C=N–C) groups is 1. The number of hydrogen-bond acceptors (Lipinski definition) is 5. The molecule has 2 amide bonds. The first-order valence-electron chi connectivity index (χ1n) is 8.04. The lowest BCUT2D eigenvalue weighted by Gasteiger charge is -2.19. The maximum Gasteiger partial charge on any atom is 0.264 e. The van der Waals surface area contributed by atoms with Crippen LogP contribution in [0.4, 0.5) is 5.69 Å². The molecule has 2 heterocycles. The topological polar surface area (TPSA) is 65.0 Å². The first-order chi connectivity index (χ1) is 12.3. The molecule has 2 aliphatic heterocycles. The zero-order valence-electron chi connectivity index (χ0n) is 14.3. The van der Waals surface area contributed by atoms with Crippen LogP contribution in [0.5, 0.6) is 0 Å². The number of carbonyl (C=O) groups is 2. The highest BCUT2D eigenvalue weighted by Gasteiger charge is 2.30. The highest BCUT2D eigenvalue weighted by atomic mass is 35.5. The van der Waals surface area contributed by atoms with Gasteiger partial charge in [-0.05, 0) is 44.4 Å². The monoisotopic (exact) mass is 412 g/mol. The fourth-order valence-corrected chi connectivity index (χ4v) is 4.02. The summed E-state index contributed by atoms with van der Waals surface area (Å²) < 4.78 is 0. The molecule has 0 spiro atoms. The number of rotatable bonds is 3. The van der Waals surface area contributed by atoms with Crippen LogP contribution in [-0.2, 0) is 9.59 Å². The summed E-state index contributed by atoms with van der Waals surface area (Å²) in [6, 6.07) is 5.41. The summed E-state index contributed by atoms with van der Waals surface area (Å²) in [5.41, 5.74) is 0.388. The number of likely N-dealkylation sites (N-methyl/N-ethyl adjacent to an activating group) is 1. The van der Waals surface area contributed by atoms with Crippen LogP contribution in [0.2, 0.25) is 10.0 Å². The summed E-state index contributed by atoms with van der Waals surface area (Å²) in [5.74, 6) is -0.516. The van der Waals surface area contributed by atoms with E-state index < -0.39 is 0 Å². The molecule has 1 aromatic carbocycles. The molecule has 2 saturated heterocycles. The van der Waals surface area contributed by atoms with E-state index in [1.54, 1.807) is 23.1 Å². The molecule has 1 N–H and O–H groups in total. The van der Waals surface area contributed by atoms with Crippen LogP contribution in [0.3, 0.4) is 0 Å². The third-order valence-corrected chi connectivity index (χ3v) is 5.78. The van der Waals surface area contributed by atoms with Crippen LogP contribution in [0.25, 0.3) is 0 Å². The van der Waals surface area contributed by atoms with Crippen LogP contribution in [-0.4, -0.2) is 60.0 Å². The Morgan fingerprint density at radius 3 is 2.69 bits per heavy atom. The minimum Gasteiger partial charge on any atom is -0.337 e. The first-order valence-corrected chi connectivity index (χ1v) is 9.61. The summed E-state index contributed by atoms with van der Waals surface area (Å²) in [7, 11) is 4.00. The molecule has 138 valence electrons. The molecule has 3 rings (SSSR count). The van der Waals surface area contributed by atoms with Gasteiger partial charge in [0.25, 0.3) is 5.91 Å². The number of nitrogens with one attached hydrogen (secondary N) is 1. The third kappa shape index (κ3) is 4.23. The number of amides is 2. The van der Waals surface area contributed by atoms with E-state index in [0.29, 0.717) is 44.9 Å². The second kappa shape index (κ2) is 8.00. The van der Waals surface area contributed by atoms with E-state index >= 15 is 0 Å². The van der Waals surface area contributed by atoms with Gasteiger partial charge in [0.2, 0.25) is 5.91 Å². The maximum absolute atomic E-state index is 12.4. The van der Waals surface area contributed by atoms with E-state index in [1.165, 1.54) is 6.08 Å². The van der Waals surface area contributed by atoms with Crippen LogP contribution < -0.4 is 5.32 Å². The summed E-state index contributed by atoms with van der Waals surface area (Å²) in [5, 5.41) is 3.76. The first kappa shape index (κ1) is 19.2. The number of benzene rings is 1. The van der Waals surface area contributed by atoms with Gasteiger partial charge in [-0.2, -0.15) is 0 Å². The highest BCUT2D eigenvalue weighted by molar-refractivity contribution is 8.18. The lowest BCUT2D eigenvalue weighted by Crippen LogP contribution is -2.34. The standard InChI is InChI=1S/C17H18Cl2N4O2S/c1-22(2)10-6-7-23(9-10)14(24)8-13-16(25)21-17(26-13)20-15-11(18)4-3-5-12(15)19/h3-5,8,10H,6-7,9H2,1-2H3,(H,20,21,25). The maximum atomic E-state index is 12.4. The molecular formula is C17H18Cl2N4O2S. The Morgan fingerprint density at radius 1 is 1.38 bits per heavy atom. The van der Waals surface area contributed by atoms with Crippen molar-refractivity contribution < 1.29 is 9.59 Å². The van der Waals surface area contributed by atoms with Gasteiger partial charge < -0.3 is 15.1 Å². The van der Waals surface area contributed by atoms with Crippen molar-refractivity contribution in [1.82, 2.24) is 15.1 Å². The van der Waals surface area contributed by atoms with Crippen molar-refractivity contribution in [2.24, 2.45) is 4.99 Å². The minimum absolute atomic E-state index is 0.163. The normalized spacial score (nSPS) is 23.3. The van der Waals surface area contributed by atoms with Crippen molar-refractivity contribution in [1.29, 1.82) is 0 Å². The molecule has 0 aliphatic carbocycles. The van der Waals surface area contributed by atoms with E-state index in [-0.39, 0.29) is 11.8 Å². The SMILES string of the molecule is CN(C)C1CCN(C(=O)C=C2SC(=Nc3c(Cl)cccc3Cl)NC2=O)C1. The zero-order chi connectivity index (χ0) is 18.8. The molecule has 6 nitrogen and oxygen atoms in total. The molecule has 9 heteroatoms. The van der Waals surface area contributed by atoms with Gasteiger partial charge in [0.15, 0.2) is 5.17 Å². The Bertz CT molecular complexity index is 790. The Kier molecular flexibility index (Phi) is 5.92. The van der Waals surface area contributed by atoms with Gasteiger partial charge in [0.05, 0.1) is 15.0 Å². The van der Waals surface area contributed by atoms with E-state index in [2.05, 4.69) is 15.2 Å². The number of para-hydroxylation sites is 1. The van der Waals surface area contributed by atoms with E-state index in [9.17, 15) is 9.59 Å². The molecule has 1 unspecified atom stereocenters. The van der Waals surface area contributed by atoms with Crippen molar-refractivity contribution >= 4 is 57.6 Å². The molecule has 2 aliphatic rings. The quantitative estimate of drug-likeness (QED) is 0.775. The number of carbonyl (C=O) groups excluding carboxylic acids is 2. The fraction of sp³-hybridized carbons (Fsp3) is 0.353. The van der Waals surface area contributed by atoms with Crippen molar-refractivity contribution in [3.63, 3.8) is 0 Å². The number of likely N-dealkylation sites (tertiary alicyclic amines) is 1. The Labute approximate surface area is 166 Å². The zero-order valence-corrected chi connectivity index (χ0v) is 16.7. The summed E-state index contributed by atoms with van der Waals surface area (Å²) in [6.45, 7) is 1.35. The molecule has 26 heavy (non-hydrogen) atoms. The predicted octanol–water partition coefficient (Wildman–Crippen LogP) is 2.89. The Balaban J connectivity index is 1.73. The smallest absolute Gasteiger partial charge is 0.264 e. The van der Waals surface area contributed by atoms with Crippen molar-refractivity contribution in [3.05, 3.63) is 39.2 Å². The minimum atomic E-state index is -0.353. The lowest BCUT2D eigenvalue weighted by molar-refractivity contribution is -0.125. The lowest BCUT2D eigenvalue weighted by atomic mass is 10.2. The largest absolute Gasteiger partial charge is 0.337 e. The summed E-state index contributed by atoms with van der Waals surface area (Å²) in [4.78, 5) is 33.1. The average Bonchev–Trinajstić information content (AvgIpc) is 3.19. The summed E-state index contributed by atoms with van der Waals surface area (Å²) in [6.07, 6.45) is 2.30. The van der Waals surface area contributed by atoms with Gasteiger partial charge >= 0.3 is 0 Å². The van der Waals surface area contributed by atoms with Gasteiger partial charge in [-0.1, -0.05) is 29.3 Å². The Morgan fingerprint density at radius 2 is 2.08 bits per heavy atom. The number of hydrogen-bond donors (Lipinski definition) is 1. The van der Waals surface area contributed by atoms with Gasteiger partial charge in [-0.25, -0.2) is 4.99 Å². The molecule has 0 bridgehead atoms. The van der Waals surface area contributed by atoms with Crippen molar-refractivity contribution in [2.45, 2.75) is 12.5 Å². The van der Waals surface area contributed by atoms with Crippen LogP contribution in [0, 0.1) is 0 Å². The number of thioether (sulfide) groups is 1. The van der Waals surface area contributed by atoms with Crippen LogP contribution in [0.15, 0.2) is 34.2 Å². The molecule has 0 aromatic heterocycles. The Hall–Kier alpha value is -1.54. The number of nitrogens with zero attached hydrogens (tertiary/aromatic N) is 3. The van der Waals surface area contributed by atoms with E-state index in [1.807, 2.05) is 14.1 Å². The van der Waals surface area contributed by atoms with Gasteiger partial charge in [-0.3, -0.25) is 9.59 Å². The fourth-order valence-electron chi connectivity index (χ4n) is 2.74. The molecule has 2 fully saturated rings. The third-order valence-electron chi connectivity index (χ3n) is 4.26. The van der Waals surface area contributed by atoms with Crippen molar-refractivity contribution in [3.8, 4) is 0 Å². The average molecular weight is 413 g/mol. The highest BCUT2D eigenvalue weighted by Crippen LogP contribution is 2.35. The molecular weight excluding hydrogens is 395 g/mol. The van der Waals surface area contributed by atoms with Gasteiger partial charge in [-0.15, -0.1) is 0 Å². The molecule has 1 atom stereocenters. The second-order valence-corrected chi connectivity index (χ2v) is 8.09. The van der Waals surface area contributed by atoms with Crippen LogP contribution >= 0.6 is 35.0 Å². The van der Waals surface area contributed by atoms with Crippen LogP contribution in [0.1, 0.15) is 6.42 Å². The predicted molar refractivity (Wildman–Crippen MR) is 106 cm³/mol. The molecule has 1 aromatic rings. The molecule has 0 radical (unpaired) electrons. The van der Waals surface area contributed by atoms with Gasteiger partial charge in [0, 0.05) is 25.2 Å². The number of amidine groups is 1. The van der Waals surface area contributed by atoms with E-state index in [4.69, 9.17) is 23.2 Å². The number of halogens is 2.